The highest BCUT2D eigenvalue weighted by Gasteiger charge is 2.29. The summed E-state index contributed by atoms with van der Waals surface area (Å²) in [6.45, 7) is 1.70. The maximum absolute atomic E-state index is 11.7. The van der Waals surface area contributed by atoms with Crippen LogP contribution in [0, 0.1) is 0 Å². The smallest absolute Gasteiger partial charge is 0.410 e. The molecule has 1 saturated heterocycles. The third kappa shape index (κ3) is 2.62. The van der Waals surface area contributed by atoms with Gasteiger partial charge >= 0.3 is 6.09 Å². The van der Waals surface area contributed by atoms with Crippen molar-refractivity contribution in [2.75, 3.05) is 13.1 Å². The molecule has 1 saturated carbocycles. The molecule has 2 fully saturated rings. The van der Waals surface area contributed by atoms with Gasteiger partial charge in [0.15, 0.2) is 0 Å². The summed E-state index contributed by atoms with van der Waals surface area (Å²) in [5.41, 5.74) is 5.86. The monoisotopic (exact) mass is 212 g/mol. The zero-order valence-electron chi connectivity index (χ0n) is 9.15. The number of ether oxygens (including phenoxy) is 1. The van der Waals surface area contributed by atoms with Gasteiger partial charge in [0.25, 0.3) is 0 Å². The molecule has 0 unspecified atom stereocenters. The van der Waals surface area contributed by atoms with Crippen molar-refractivity contribution in [2.24, 2.45) is 5.73 Å². The summed E-state index contributed by atoms with van der Waals surface area (Å²) < 4.78 is 5.43. The maximum Gasteiger partial charge on any atom is 0.410 e. The summed E-state index contributed by atoms with van der Waals surface area (Å²) in [5.74, 6) is 0. The molecule has 0 bridgehead atoms. The third-order valence-corrected chi connectivity index (χ3v) is 3.37. The lowest BCUT2D eigenvalue weighted by molar-refractivity contribution is 0.0543. The first-order chi connectivity index (χ1) is 7.27. The van der Waals surface area contributed by atoms with E-state index in [0.29, 0.717) is 0 Å². The number of piperidine rings is 1. The number of hydrogen-bond donors (Lipinski definition) is 1. The lowest BCUT2D eigenvalue weighted by Crippen LogP contribution is -2.41. The van der Waals surface area contributed by atoms with Gasteiger partial charge in [-0.25, -0.2) is 4.79 Å². The van der Waals surface area contributed by atoms with Crippen LogP contribution in [0.4, 0.5) is 4.79 Å². The molecule has 15 heavy (non-hydrogen) atoms. The van der Waals surface area contributed by atoms with Crippen LogP contribution < -0.4 is 5.73 Å². The quantitative estimate of drug-likeness (QED) is 0.716. The van der Waals surface area contributed by atoms with Gasteiger partial charge in [0.2, 0.25) is 0 Å². The summed E-state index contributed by atoms with van der Waals surface area (Å²) in [7, 11) is 0. The normalized spacial score (nSPS) is 31.7. The Morgan fingerprint density at radius 2 is 1.87 bits per heavy atom. The molecule has 4 nitrogen and oxygen atoms in total. The van der Waals surface area contributed by atoms with Crippen LogP contribution in [0.1, 0.15) is 38.5 Å². The fourth-order valence-corrected chi connectivity index (χ4v) is 2.38. The van der Waals surface area contributed by atoms with E-state index in [1.165, 1.54) is 6.42 Å². The van der Waals surface area contributed by atoms with E-state index in [9.17, 15) is 4.79 Å². The number of nitrogens with two attached hydrogens (primary N) is 1. The Hall–Kier alpha value is -0.770. The van der Waals surface area contributed by atoms with Crippen LogP contribution in [0.15, 0.2) is 0 Å². The van der Waals surface area contributed by atoms with Crippen molar-refractivity contribution in [3.05, 3.63) is 0 Å². The minimum Gasteiger partial charge on any atom is -0.444 e. The van der Waals surface area contributed by atoms with Gasteiger partial charge in [-0.2, -0.15) is 0 Å². The average Bonchev–Trinajstić information content (AvgIpc) is 2.66. The van der Waals surface area contributed by atoms with E-state index in [-0.39, 0.29) is 18.2 Å². The van der Waals surface area contributed by atoms with Gasteiger partial charge in [0.05, 0.1) is 0 Å². The van der Waals surface area contributed by atoms with Crippen LogP contribution in [0.2, 0.25) is 0 Å². The first-order valence-electron chi connectivity index (χ1n) is 5.98. The summed E-state index contributed by atoms with van der Waals surface area (Å²) in [5, 5.41) is 0. The molecule has 0 aromatic heterocycles. The maximum atomic E-state index is 11.7. The van der Waals surface area contributed by atoms with Gasteiger partial charge in [-0.3, -0.25) is 0 Å². The zero-order valence-corrected chi connectivity index (χ0v) is 9.15. The summed E-state index contributed by atoms with van der Waals surface area (Å²) in [6.07, 6.45) is 6.24. The van der Waals surface area contributed by atoms with Gasteiger partial charge < -0.3 is 15.4 Å². The van der Waals surface area contributed by atoms with E-state index in [1.54, 1.807) is 0 Å². The molecule has 0 spiro atoms. The number of amides is 1. The fourth-order valence-electron chi connectivity index (χ4n) is 2.38. The van der Waals surface area contributed by atoms with Crippen molar-refractivity contribution in [3.8, 4) is 0 Å². The van der Waals surface area contributed by atoms with Crippen molar-refractivity contribution >= 4 is 6.09 Å². The Balaban J connectivity index is 1.80. The molecule has 2 N–H and O–H groups in total. The topological polar surface area (TPSA) is 55.6 Å². The number of rotatable bonds is 1. The minimum atomic E-state index is -0.156. The van der Waals surface area contributed by atoms with Gasteiger partial charge in [0.1, 0.15) is 6.10 Å². The lowest BCUT2D eigenvalue weighted by Gasteiger charge is -2.28. The van der Waals surface area contributed by atoms with E-state index in [0.717, 1.165) is 45.2 Å². The Kier molecular flexibility index (Phi) is 3.46. The second-order valence-electron chi connectivity index (χ2n) is 4.56. The van der Waals surface area contributed by atoms with Crippen LogP contribution in [-0.4, -0.2) is 36.2 Å². The number of carbonyl (C=O) groups excluding carboxylic acids is 1. The zero-order chi connectivity index (χ0) is 10.7. The summed E-state index contributed by atoms with van der Waals surface area (Å²) in [6, 6.07) is 0.0544. The molecule has 2 atom stereocenters. The van der Waals surface area contributed by atoms with Gasteiger partial charge in [0, 0.05) is 19.1 Å². The molecular weight excluding hydrogens is 192 g/mol. The van der Waals surface area contributed by atoms with Crippen LogP contribution in [0.3, 0.4) is 0 Å². The molecule has 2 rings (SSSR count). The van der Waals surface area contributed by atoms with E-state index in [4.69, 9.17) is 10.5 Å². The predicted octanol–water partition coefficient (Wildman–Crippen LogP) is 1.49. The minimum absolute atomic E-state index is 0.0422. The first-order valence-corrected chi connectivity index (χ1v) is 5.98. The molecule has 1 heterocycles. The van der Waals surface area contributed by atoms with Gasteiger partial charge in [-0.05, 0) is 38.5 Å². The predicted molar refractivity (Wildman–Crippen MR) is 57.5 cm³/mol. The Labute approximate surface area is 90.8 Å². The molecule has 0 radical (unpaired) electrons. The Morgan fingerprint density at radius 1 is 1.13 bits per heavy atom. The standard InChI is InChI=1S/C11H20N2O2/c12-9-5-4-6-10(9)15-11(14)13-7-2-1-3-8-13/h9-10H,1-8,12H2/t9-,10-/m1/s1. The molecule has 2 aliphatic rings. The van der Waals surface area contributed by atoms with Gasteiger partial charge in [-0.15, -0.1) is 0 Å². The van der Waals surface area contributed by atoms with Crippen molar-refractivity contribution < 1.29 is 9.53 Å². The summed E-state index contributed by atoms with van der Waals surface area (Å²) >= 11 is 0. The van der Waals surface area contributed by atoms with Crippen LogP contribution in [-0.2, 0) is 4.74 Å². The van der Waals surface area contributed by atoms with Crippen molar-refractivity contribution in [1.29, 1.82) is 0 Å². The first kappa shape index (κ1) is 10.7. The molecule has 0 aromatic carbocycles. The number of hydrogen-bond acceptors (Lipinski definition) is 3. The largest absolute Gasteiger partial charge is 0.444 e. The Bertz CT molecular complexity index is 227. The molecular formula is C11H20N2O2. The van der Waals surface area contributed by atoms with E-state index in [2.05, 4.69) is 0 Å². The number of carbonyl (C=O) groups is 1. The average molecular weight is 212 g/mol. The van der Waals surface area contributed by atoms with Crippen molar-refractivity contribution in [1.82, 2.24) is 4.90 Å². The van der Waals surface area contributed by atoms with Crippen LogP contribution >= 0.6 is 0 Å². The molecule has 4 heteroatoms. The fraction of sp³-hybridized carbons (Fsp3) is 0.909. The molecule has 86 valence electrons. The second kappa shape index (κ2) is 4.84. The molecule has 1 amide bonds. The van der Waals surface area contributed by atoms with Crippen LogP contribution in [0.25, 0.3) is 0 Å². The Morgan fingerprint density at radius 3 is 2.47 bits per heavy atom. The SMILES string of the molecule is N[C@@H]1CCC[C@H]1OC(=O)N1CCCCC1. The molecule has 1 aliphatic heterocycles. The third-order valence-electron chi connectivity index (χ3n) is 3.37. The molecule has 0 aromatic rings. The molecule has 1 aliphatic carbocycles. The second-order valence-corrected chi connectivity index (χ2v) is 4.56. The van der Waals surface area contributed by atoms with Crippen LogP contribution in [0.5, 0.6) is 0 Å². The van der Waals surface area contributed by atoms with E-state index < -0.39 is 0 Å². The highest BCUT2D eigenvalue weighted by Crippen LogP contribution is 2.21. The highest BCUT2D eigenvalue weighted by atomic mass is 16.6. The number of likely N-dealkylation sites (tertiary alicyclic amines) is 1. The van der Waals surface area contributed by atoms with Gasteiger partial charge in [-0.1, -0.05) is 0 Å². The lowest BCUT2D eigenvalue weighted by atomic mass is 10.1. The number of nitrogens with zero attached hydrogens (tertiary/aromatic N) is 1. The summed E-state index contributed by atoms with van der Waals surface area (Å²) in [4.78, 5) is 13.6. The van der Waals surface area contributed by atoms with E-state index in [1.807, 2.05) is 4.90 Å². The van der Waals surface area contributed by atoms with Crippen molar-refractivity contribution in [2.45, 2.75) is 50.7 Å². The van der Waals surface area contributed by atoms with E-state index >= 15 is 0 Å². The highest BCUT2D eigenvalue weighted by molar-refractivity contribution is 5.68. The van der Waals surface area contributed by atoms with Crippen molar-refractivity contribution in [3.63, 3.8) is 0 Å².